The molecule has 0 aliphatic heterocycles. The van der Waals surface area contributed by atoms with Crippen LogP contribution in [0, 0.1) is 0 Å². The van der Waals surface area contributed by atoms with Crippen molar-refractivity contribution < 1.29 is 4.74 Å². The third-order valence-electron chi connectivity index (χ3n) is 3.80. The molecule has 0 amide bonds. The summed E-state index contributed by atoms with van der Waals surface area (Å²) in [6.07, 6.45) is 8.77. The second-order valence-electron chi connectivity index (χ2n) is 5.03. The molecule has 1 aromatic rings. The summed E-state index contributed by atoms with van der Waals surface area (Å²) in [4.78, 5) is 9.18. The van der Waals surface area contributed by atoms with Crippen molar-refractivity contribution >= 4 is 21.7 Å². The van der Waals surface area contributed by atoms with Crippen LogP contribution in [0.15, 0.2) is 10.7 Å². The van der Waals surface area contributed by atoms with Gasteiger partial charge in [-0.2, -0.15) is 0 Å². The van der Waals surface area contributed by atoms with Gasteiger partial charge in [0.15, 0.2) is 5.82 Å². The summed E-state index contributed by atoms with van der Waals surface area (Å²) < 4.78 is 6.75. The predicted octanol–water partition coefficient (Wildman–Crippen LogP) is 3.87. The van der Waals surface area contributed by atoms with Gasteiger partial charge >= 0.3 is 0 Å². The zero-order valence-electron chi connectivity index (χ0n) is 11.7. The number of anilines is 1. The number of ether oxygens (including phenoxy) is 1. The van der Waals surface area contributed by atoms with Crippen LogP contribution in [0.3, 0.4) is 0 Å². The molecule has 0 unspecified atom stereocenters. The van der Waals surface area contributed by atoms with E-state index in [0.717, 1.165) is 35.5 Å². The molecule has 19 heavy (non-hydrogen) atoms. The predicted molar refractivity (Wildman–Crippen MR) is 80.3 cm³/mol. The van der Waals surface area contributed by atoms with E-state index in [9.17, 15) is 0 Å². The van der Waals surface area contributed by atoms with E-state index in [1.807, 2.05) is 6.20 Å². The molecule has 1 fully saturated rings. The Morgan fingerprint density at radius 1 is 1.32 bits per heavy atom. The number of hydrogen-bond acceptors (Lipinski definition) is 4. The molecule has 106 valence electrons. The van der Waals surface area contributed by atoms with E-state index in [4.69, 9.17) is 4.74 Å². The average molecular weight is 328 g/mol. The number of aromatic nitrogens is 2. The Labute approximate surface area is 123 Å². The van der Waals surface area contributed by atoms with E-state index in [-0.39, 0.29) is 5.60 Å². The lowest BCUT2D eigenvalue weighted by Gasteiger charge is -2.30. The van der Waals surface area contributed by atoms with Crippen molar-refractivity contribution in [1.29, 1.82) is 0 Å². The Morgan fingerprint density at radius 2 is 2.00 bits per heavy atom. The smallest absolute Gasteiger partial charge is 0.162 e. The molecule has 1 aliphatic rings. The van der Waals surface area contributed by atoms with Crippen LogP contribution < -0.4 is 5.32 Å². The summed E-state index contributed by atoms with van der Waals surface area (Å²) in [6, 6.07) is 0. The molecule has 5 heteroatoms. The zero-order valence-corrected chi connectivity index (χ0v) is 13.3. The second-order valence-corrected chi connectivity index (χ2v) is 5.89. The first-order valence-electron chi connectivity index (χ1n) is 7.04. The second kappa shape index (κ2) is 6.66. The van der Waals surface area contributed by atoms with Crippen LogP contribution in [-0.2, 0) is 10.3 Å². The summed E-state index contributed by atoms with van der Waals surface area (Å²) in [5.41, 5.74) is -0.304. The van der Waals surface area contributed by atoms with Crippen molar-refractivity contribution in [1.82, 2.24) is 9.97 Å². The fourth-order valence-electron chi connectivity index (χ4n) is 2.70. The molecule has 1 saturated carbocycles. The Balaban J connectivity index is 2.33. The minimum atomic E-state index is -0.304. The lowest BCUT2D eigenvalue weighted by molar-refractivity contribution is -0.0350. The van der Waals surface area contributed by atoms with Gasteiger partial charge in [-0.25, -0.2) is 9.97 Å². The van der Waals surface area contributed by atoms with E-state index in [0.29, 0.717) is 0 Å². The summed E-state index contributed by atoms with van der Waals surface area (Å²) in [5, 5.41) is 3.26. The molecule has 0 aromatic carbocycles. The number of nitrogens with zero attached hydrogens (tertiary/aromatic N) is 2. The third-order valence-corrected chi connectivity index (χ3v) is 4.38. The van der Waals surface area contributed by atoms with Crippen LogP contribution in [0.2, 0.25) is 0 Å². The maximum Gasteiger partial charge on any atom is 0.162 e. The van der Waals surface area contributed by atoms with Crippen LogP contribution in [-0.4, -0.2) is 23.6 Å². The van der Waals surface area contributed by atoms with Crippen molar-refractivity contribution in [2.24, 2.45) is 0 Å². The van der Waals surface area contributed by atoms with Crippen LogP contribution >= 0.6 is 15.9 Å². The number of rotatable bonds is 4. The summed E-state index contributed by atoms with van der Waals surface area (Å²) >= 11 is 3.48. The van der Waals surface area contributed by atoms with Gasteiger partial charge in [-0.3, -0.25) is 0 Å². The van der Waals surface area contributed by atoms with Crippen LogP contribution in [0.25, 0.3) is 0 Å². The van der Waals surface area contributed by atoms with E-state index in [1.165, 1.54) is 25.7 Å². The highest BCUT2D eigenvalue weighted by Crippen LogP contribution is 2.38. The minimum absolute atomic E-state index is 0.304. The van der Waals surface area contributed by atoms with Crippen molar-refractivity contribution in [3.63, 3.8) is 0 Å². The highest BCUT2D eigenvalue weighted by atomic mass is 79.9. The van der Waals surface area contributed by atoms with Gasteiger partial charge in [0.2, 0.25) is 0 Å². The quantitative estimate of drug-likeness (QED) is 0.853. The van der Waals surface area contributed by atoms with Gasteiger partial charge in [0.05, 0.1) is 4.47 Å². The van der Waals surface area contributed by atoms with Crippen molar-refractivity contribution in [3.05, 3.63) is 16.5 Å². The van der Waals surface area contributed by atoms with Gasteiger partial charge in [0.1, 0.15) is 11.4 Å². The van der Waals surface area contributed by atoms with Crippen LogP contribution in [0.5, 0.6) is 0 Å². The normalized spacial score (nSPS) is 18.9. The lowest BCUT2D eigenvalue weighted by atomic mass is 9.93. The van der Waals surface area contributed by atoms with E-state index >= 15 is 0 Å². The van der Waals surface area contributed by atoms with E-state index in [1.54, 1.807) is 7.11 Å². The van der Waals surface area contributed by atoms with Gasteiger partial charge in [-0.1, -0.05) is 25.7 Å². The van der Waals surface area contributed by atoms with Crippen LogP contribution in [0.1, 0.15) is 51.3 Å². The molecule has 0 saturated heterocycles. The number of hydrogen-bond donors (Lipinski definition) is 1. The Kier molecular flexibility index (Phi) is 5.16. The zero-order chi connectivity index (χ0) is 13.7. The van der Waals surface area contributed by atoms with Gasteiger partial charge in [-0.15, -0.1) is 0 Å². The minimum Gasteiger partial charge on any atom is -0.370 e. The molecule has 2 rings (SSSR count). The van der Waals surface area contributed by atoms with E-state index < -0.39 is 0 Å². The molecule has 0 atom stereocenters. The topological polar surface area (TPSA) is 47.0 Å². The highest BCUT2D eigenvalue weighted by Gasteiger charge is 2.36. The van der Waals surface area contributed by atoms with Gasteiger partial charge < -0.3 is 10.1 Å². The fraction of sp³-hybridized carbons (Fsp3) is 0.714. The van der Waals surface area contributed by atoms with Gasteiger partial charge in [0, 0.05) is 19.9 Å². The average Bonchev–Trinajstić information content (AvgIpc) is 2.68. The standard InChI is InChI=1S/C14H22BrN3O/c1-3-16-12-11(15)10-17-13(18-12)14(19-2)8-6-4-5-7-9-14/h10H,3-9H2,1-2H3,(H,16,17,18). The molecular formula is C14H22BrN3O. The maximum absolute atomic E-state index is 5.85. The monoisotopic (exact) mass is 327 g/mol. The largest absolute Gasteiger partial charge is 0.370 e. The molecule has 1 aromatic heterocycles. The molecule has 0 radical (unpaired) electrons. The number of halogens is 1. The summed E-state index contributed by atoms with van der Waals surface area (Å²) in [7, 11) is 1.78. The molecule has 1 heterocycles. The fourth-order valence-corrected chi connectivity index (χ4v) is 3.03. The SMILES string of the molecule is CCNc1nc(C2(OC)CCCCCC2)ncc1Br. The lowest BCUT2D eigenvalue weighted by Crippen LogP contribution is -2.30. The molecule has 1 aliphatic carbocycles. The Morgan fingerprint density at radius 3 is 2.58 bits per heavy atom. The molecular weight excluding hydrogens is 306 g/mol. The summed E-state index contributed by atoms with van der Waals surface area (Å²) in [6.45, 7) is 2.90. The maximum atomic E-state index is 5.85. The first-order valence-corrected chi connectivity index (χ1v) is 7.83. The summed E-state index contributed by atoms with van der Waals surface area (Å²) in [5.74, 6) is 1.67. The molecule has 0 spiro atoms. The van der Waals surface area contributed by atoms with Crippen molar-refractivity contribution in [2.75, 3.05) is 19.0 Å². The number of nitrogens with one attached hydrogen (secondary N) is 1. The molecule has 1 N–H and O–H groups in total. The van der Waals surface area contributed by atoms with Gasteiger partial charge in [-0.05, 0) is 35.7 Å². The number of methoxy groups -OCH3 is 1. The Bertz CT molecular complexity index is 417. The highest BCUT2D eigenvalue weighted by molar-refractivity contribution is 9.10. The van der Waals surface area contributed by atoms with Gasteiger partial charge in [0.25, 0.3) is 0 Å². The van der Waals surface area contributed by atoms with Crippen molar-refractivity contribution in [2.45, 2.75) is 51.0 Å². The first-order chi connectivity index (χ1) is 9.22. The van der Waals surface area contributed by atoms with Crippen LogP contribution in [0.4, 0.5) is 5.82 Å². The Hall–Kier alpha value is -0.680. The molecule has 0 bridgehead atoms. The van der Waals surface area contributed by atoms with E-state index in [2.05, 4.69) is 38.1 Å². The molecule has 4 nitrogen and oxygen atoms in total. The van der Waals surface area contributed by atoms with Crippen molar-refractivity contribution in [3.8, 4) is 0 Å². The first kappa shape index (κ1) is 14.7. The third kappa shape index (κ3) is 3.26.